The quantitative estimate of drug-likeness (QED) is 0.498. The van der Waals surface area contributed by atoms with Crippen LogP contribution in [0.4, 0.5) is 16.0 Å². The van der Waals surface area contributed by atoms with Crippen LogP contribution in [0.5, 0.6) is 11.6 Å². The molecular weight excluding hydrogens is 269 g/mol. The van der Waals surface area contributed by atoms with Gasteiger partial charge in [0.05, 0.1) is 4.92 Å². The van der Waals surface area contributed by atoms with Crippen molar-refractivity contribution in [3.05, 3.63) is 45.9 Å². The molecule has 3 N–H and O–H groups in total. The molecule has 0 radical (unpaired) electrons. The van der Waals surface area contributed by atoms with Crippen molar-refractivity contribution in [2.75, 3.05) is 5.43 Å². The van der Waals surface area contributed by atoms with Crippen molar-refractivity contribution < 1.29 is 14.1 Å². The van der Waals surface area contributed by atoms with Gasteiger partial charge in [-0.15, -0.1) is 0 Å². The van der Waals surface area contributed by atoms with E-state index >= 15 is 0 Å². The van der Waals surface area contributed by atoms with E-state index in [9.17, 15) is 14.5 Å². The van der Waals surface area contributed by atoms with Crippen molar-refractivity contribution in [3.63, 3.8) is 0 Å². The first-order chi connectivity index (χ1) is 9.51. The molecule has 1 aromatic carbocycles. The van der Waals surface area contributed by atoms with E-state index in [0.717, 1.165) is 11.8 Å². The van der Waals surface area contributed by atoms with Gasteiger partial charge in [0.2, 0.25) is 5.95 Å². The Bertz CT molecular complexity index is 665. The number of nitro groups is 1. The standard InChI is InChI=1S/C11H10FN5O3/c1-6-2-3-7(12)9(4-6)20-10-8(17(18)19)5-14-11(15-10)16-13/h2-5H,13H2,1H3,(H,14,15,16). The number of halogens is 1. The van der Waals surface area contributed by atoms with Crippen molar-refractivity contribution in [2.45, 2.75) is 6.92 Å². The predicted octanol–water partition coefficient (Wildman–Crippen LogP) is 1.91. The molecule has 0 bridgehead atoms. The number of nitrogen functional groups attached to an aromatic ring is 1. The van der Waals surface area contributed by atoms with Crippen LogP contribution >= 0.6 is 0 Å². The van der Waals surface area contributed by atoms with Crippen LogP contribution in [0, 0.1) is 22.9 Å². The highest BCUT2D eigenvalue weighted by atomic mass is 19.1. The average Bonchev–Trinajstić information content (AvgIpc) is 2.42. The fraction of sp³-hybridized carbons (Fsp3) is 0.0909. The third-order valence-corrected chi connectivity index (χ3v) is 2.35. The number of nitrogens with one attached hydrogen (secondary N) is 1. The van der Waals surface area contributed by atoms with Crippen molar-refractivity contribution in [2.24, 2.45) is 5.84 Å². The van der Waals surface area contributed by atoms with Gasteiger partial charge in [-0.05, 0) is 24.6 Å². The fourth-order valence-corrected chi connectivity index (χ4v) is 1.42. The molecule has 0 fully saturated rings. The van der Waals surface area contributed by atoms with E-state index in [1.165, 1.54) is 12.1 Å². The van der Waals surface area contributed by atoms with Crippen LogP contribution in [0.25, 0.3) is 0 Å². The predicted molar refractivity (Wildman–Crippen MR) is 67.7 cm³/mol. The first-order valence-corrected chi connectivity index (χ1v) is 5.43. The lowest BCUT2D eigenvalue weighted by atomic mass is 10.2. The zero-order chi connectivity index (χ0) is 14.7. The minimum absolute atomic E-state index is 0.0846. The van der Waals surface area contributed by atoms with Gasteiger partial charge in [0.25, 0.3) is 0 Å². The first kappa shape index (κ1) is 13.6. The second-order valence-electron chi connectivity index (χ2n) is 3.82. The minimum Gasteiger partial charge on any atom is -0.430 e. The molecule has 0 aliphatic heterocycles. The summed E-state index contributed by atoms with van der Waals surface area (Å²) in [5.41, 5.74) is 2.36. The molecule has 0 spiro atoms. The van der Waals surface area contributed by atoms with E-state index in [1.807, 2.05) is 0 Å². The Hall–Kier alpha value is -2.81. The molecule has 20 heavy (non-hydrogen) atoms. The van der Waals surface area contributed by atoms with Crippen LogP contribution in [0.15, 0.2) is 24.4 Å². The van der Waals surface area contributed by atoms with Gasteiger partial charge in [0.15, 0.2) is 11.6 Å². The lowest BCUT2D eigenvalue weighted by Gasteiger charge is -2.07. The molecule has 0 saturated heterocycles. The molecule has 9 heteroatoms. The highest BCUT2D eigenvalue weighted by molar-refractivity contribution is 5.45. The summed E-state index contributed by atoms with van der Waals surface area (Å²) < 4.78 is 18.8. The summed E-state index contributed by atoms with van der Waals surface area (Å²) in [6.45, 7) is 1.73. The molecule has 2 rings (SSSR count). The Morgan fingerprint density at radius 1 is 1.50 bits per heavy atom. The molecular formula is C11H10FN5O3. The van der Waals surface area contributed by atoms with Gasteiger partial charge < -0.3 is 4.74 Å². The molecule has 0 amide bonds. The molecule has 104 valence electrons. The summed E-state index contributed by atoms with van der Waals surface area (Å²) in [6, 6.07) is 4.14. The normalized spacial score (nSPS) is 10.2. The highest BCUT2D eigenvalue weighted by Crippen LogP contribution is 2.31. The fourth-order valence-electron chi connectivity index (χ4n) is 1.42. The van der Waals surface area contributed by atoms with Crippen LogP contribution in [-0.2, 0) is 0 Å². The van der Waals surface area contributed by atoms with Crippen molar-refractivity contribution in [1.82, 2.24) is 9.97 Å². The van der Waals surface area contributed by atoms with E-state index in [0.29, 0.717) is 0 Å². The Morgan fingerprint density at radius 3 is 2.90 bits per heavy atom. The number of hydrogen-bond donors (Lipinski definition) is 2. The van der Waals surface area contributed by atoms with Gasteiger partial charge in [0, 0.05) is 0 Å². The van der Waals surface area contributed by atoms with Gasteiger partial charge in [-0.2, -0.15) is 4.98 Å². The summed E-state index contributed by atoms with van der Waals surface area (Å²) in [4.78, 5) is 17.4. The largest absolute Gasteiger partial charge is 0.430 e. The minimum atomic E-state index is -0.733. The van der Waals surface area contributed by atoms with Gasteiger partial charge in [-0.1, -0.05) is 6.07 Å². The summed E-state index contributed by atoms with van der Waals surface area (Å²) >= 11 is 0. The van der Waals surface area contributed by atoms with Gasteiger partial charge in [0.1, 0.15) is 6.20 Å². The van der Waals surface area contributed by atoms with E-state index in [-0.39, 0.29) is 11.7 Å². The van der Waals surface area contributed by atoms with E-state index < -0.39 is 22.3 Å². The summed E-state index contributed by atoms with van der Waals surface area (Å²) in [7, 11) is 0. The smallest absolute Gasteiger partial charge is 0.349 e. The lowest BCUT2D eigenvalue weighted by molar-refractivity contribution is -0.386. The summed E-state index contributed by atoms with van der Waals surface area (Å²) in [5, 5.41) is 10.9. The van der Waals surface area contributed by atoms with Crippen molar-refractivity contribution >= 4 is 11.6 Å². The van der Waals surface area contributed by atoms with Gasteiger partial charge in [-0.3, -0.25) is 15.5 Å². The number of ether oxygens (including phenoxy) is 1. The number of benzene rings is 1. The van der Waals surface area contributed by atoms with E-state index in [4.69, 9.17) is 10.6 Å². The Balaban J connectivity index is 2.45. The van der Waals surface area contributed by atoms with E-state index in [2.05, 4.69) is 15.4 Å². The molecule has 0 saturated carbocycles. The van der Waals surface area contributed by atoms with Crippen LogP contribution in [0.2, 0.25) is 0 Å². The third kappa shape index (κ3) is 2.78. The van der Waals surface area contributed by atoms with E-state index in [1.54, 1.807) is 13.0 Å². The molecule has 1 heterocycles. The second kappa shape index (κ2) is 5.45. The zero-order valence-electron chi connectivity index (χ0n) is 10.3. The number of hydrazine groups is 1. The monoisotopic (exact) mass is 279 g/mol. The number of anilines is 1. The Labute approximate surface area is 112 Å². The molecule has 0 atom stereocenters. The zero-order valence-corrected chi connectivity index (χ0v) is 10.3. The number of nitrogens with zero attached hydrogens (tertiary/aromatic N) is 3. The first-order valence-electron chi connectivity index (χ1n) is 5.43. The molecule has 0 unspecified atom stereocenters. The Kier molecular flexibility index (Phi) is 3.71. The van der Waals surface area contributed by atoms with Crippen LogP contribution in [-0.4, -0.2) is 14.9 Å². The van der Waals surface area contributed by atoms with Gasteiger partial charge >= 0.3 is 11.6 Å². The van der Waals surface area contributed by atoms with Crippen molar-refractivity contribution in [3.8, 4) is 11.6 Å². The number of hydrogen-bond acceptors (Lipinski definition) is 7. The SMILES string of the molecule is Cc1ccc(F)c(Oc2nc(NN)ncc2[N+](=O)[O-])c1. The molecule has 1 aromatic heterocycles. The molecule has 8 nitrogen and oxygen atoms in total. The maximum absolute atomic E-state index is 13.6. The Morgan fingerprint density at radius 2 is 2.25 bits per heavy atom. The number of aryl methyl sites for hydroxylation is 1. The van der Waals surface area contributed by atoms with Gasteiger partial charge in [-0.25, -0.2) is 15.2 Å². The maximum atomic E-state index is 13.6. The van der Waals surface area contributed by atoms with Crippen LogP contribution < -0.4 is 16.0 Å². The van der Waals surface area contributed by atoms with Crippen LogP contribution in [0.3, 0.4) is 0 Å². The summed E-state index contributed by atoms with van der Waals surface area (Å²) in [6.07, 6.45) is 0.922. The second-order valence-corrected chi connectivity index (χ2v) is 3.82. The number of nitrogens with two attached hydrogens (primary N) is 1. The molecule has 2 aromatic rings. The number of rotatable bonds is 4. The summed E-state index contributed by atoms with van der Waals surface area (Å²) in [5.74, 6) is 3.80. The van der Waals surface area contributed by atoms with Crippen LogP contribution in [0.1, 0.15) is 5.56 Å². The molecule has 0 aliphatic rings. The maximum Gasteiger partial charge on any atom is 0.349 e. The third-order valence-electron chi connectivity index (χ3n) is 2.35. The number of aromatic nitrogens is 2. The highest BCUT2D eigenvalue weighted by Gasteiger charge is 2.20. The topological polar surface area (TPSA) is 116 Å². The molecule has 0 aliphatic carbocycles. The van der Waals surface area contributed by atoms with Crippen molar-refractivity contribution in [1.29, 1.82) is 0 Å². The average molecular weight is 279 g/mol. The lowest BCUT2D eigenvalue weighted by Crippen LogP contribution is -2.11.